The van der Waals surface area contributed by atoms with Crippen LogP contribution < -0.4 is 49.6 Å². The lowest BCUT2D eigenvalue weighted by molar-refractivity contribution is -0.141. The normalized spacial score (nSPS) is 15.2. The fourth-order valence-electron chi connectivity index (χ4n) is 10.0. The number of amidine groups is 7. The van der Waals surface area contributed by atoms with Crippen molar-refractivity contribution in [1.82, 2.24) is 19.9 Å². The maximum Gasteiger partial charge on any atom is 0.433 e. The Balaban J connectivity index is 0.000000169. The van der Waals surface area contributed by atoms with Crippen molar-refractivity contribution >= 4 is 104 Å². The highest BCUT2D eigenvalue weighted by Crippen LogP contribution is 2.37. The predicted octanol–water partition coefficient (Wildman–Crippen LogP) is 18.9. The van der Waals surface area contributed by atoms with Crippen molar-refractivity contribution in [3.8, 4) is 23.8 Å². The van der Waals surface area contributed by atoms with Gasteiger partial charge in [-0.05, 0) is 240 Å². The number of pyridine rings is 4. The minimum atomic E-state index is -4.41. The molecule has 5 fully saturated rings. The number of ether oxygens (including phenoxy) is 2. The fraction of sp³-hybridized carbons (Fsp3) is 0.298. The number of nitrogens with two attached hydrogens (primary N) is 7. The molecule has 14 N–H and O–H groups in total. The number of halogens is 9. The summed E-state index contributed by atoms with van der Waals surface area (Å²) in [6.07, 6.45) is 15.4. The third kappa shape index (κ3) is 32.4. The van der Waals surface area contributed by atoms with E-state index in [9.17, 15) is 30.7 Å². The molecule has 5 aliphatic rings. The van der Waals surface area contributed by atoms with Crippen molar-refractivity contribution < 1.29 is 40.2 Å². The van der Waals surface area contributed by atoms with E-state index in [1.54, 1.807) is 60.8 Å². The summed E-state index contributed by atoms with van der Waals surface area (Å²) in [5, 5.41) is 18.7. The molecule has 4 heterocycles. The van der Waals surface area contributed by atoms with Crippen molar-refractivity contribution in [2.75, 3.05) is 14.2 Å². The molecule has 0 radical (unpaired) electrons. The predicted molar refractivity (Wildman–Crippen MR) is 441 cm³/mol. The molecule has 14 rings (SSSR count). The zero-order valence-electron chi connectivity index (χ0n) is 63.6. The first-order valence-corrected chi connectivity index (χ1v) is 37.3. The summed E-state index contributed by atoms with van der Waals surface area (Å²) in [4.78, 5) is 44.2. The lowest BCUT2D eigenvalue weighted by Gasteiger charge is -2.09. The van der Waals surface area contributed by atoms with Crippen molar-refractivity contribution in [1.29, 1.82) is 10.5 Å². The Bertz CT molecular complexity index is 4810. The third-order valence-electron chi connectivity index (χ3n) is 17.1. The molecule has 0 aliphatic heterocycles. The second-order valence-electron chi connectivity index (χ2n) is 27.4. The van der Waals surface area contributed by atoms with Crippen LogP contribution in [0.15, 0.2) is 230 Å². The first-order valence-electron chi connectivity index (χ1n) is 36.6. The standard InChI is InChI=1S/C15H15F2N3O.C14H14F2N4O.C12H13N3.C11H13ClN2.C11H12F3N3.C11H11N3.C10H11ClN2/c1-15(16,17)13-8-7-10(9-19-13)20-14(18)11-5-3-4-6-12(11)21-2;1-14(15,16)11-6-5-9(8-19-11)20-12(17)10-4-3-7-18-13(10)21-2;13-8-10-3-5-11(6-4-10)15-12(14)7-9-1-2-9;12-9-3-5-10(6-4-9)14-11(13)7-8-1-2-8;12-11(13,14)9-4-3-8(6-16-9)17-10(15)5-7-1-2-7;12-7-8-1-5-10(6-2-8)14-11(13)9-3-4-9;11-8-3-5-9(6-4-8)13-10(12)7-1-2-7/h3-9H,1-2H3,(H2,18,20);3-8H,1-2H3,(H2,17,20);3-6,9H,1-2,7H2,(H2,14,15);3-6,8H,1-2,7H2,(H2,13,14);3-4,6-7H,1-2,5H2,(H2,15,17);1-2,5-6,9H,3-4H2,(H2,13,14);3-7H,1-2H2,(H2,12,13). The van der Waals surface area contributed by atoms with Gasteiger partial charge in [0.1, 0.15) is 46.2 Å². The number of para-hydroxylation sites is 1. The van der Waals surface area contributed by atoms with Crippen LogP contribution in [0.25, 0.3) is 0 Å². The van der Waals surface area contributed by atoms with Crippen molar-refractivity contribution in [3.63, 3.8) is 0 Å². The highest BCUT2D eigenvalue weighted by molar-refractivity contribution is 6.31. The molecule has 0 spiro atoms. The van der Waals surface area contributed by atoms with Gasteiger partial charge in [0.2, 0.25) is 5.88 Å². The van der Waals surface area contributed by atoms with Crippen molar-refractivity contribution in [3.05, 3.63) is 244 Å². The van der Waals surface area contributed by atoms with E-state index >= 15 is 0 Å². The van der Waals surface area contributed by atoms with Gasteiger partial charge >= 0.3 is 6.18 Å². The van der Waals surface area contributed by atoms with Crippen LogP contribution in [0, 0.1) is 52.3 Å². The van der Waals surface area contributed by atoms with E-state index in [0.717, 1.165) is 127 Å². The van der Waals surface area contributed by atoms with E-state index < -0.39 is 23.7 Å². The lowest BCUT2D eigenvalue weighted by Crippen LogP contribution is -2.15. The molecule has 22 nitrogen and oxygen atoms in total. The molecule has 0 bridgehead atoms. The molecule has 5 saturated carbocycles. The number of hydrogen-bond donors (Lipinski definition) is 7. The van der Waals surface area contributed by atoms with E-state index in [1.165, 1.54) is 95.5 Å². The van der Waals surface area contributed by atoms with Crippen LogP contribution in [0.3, 0.4) is 0 Å². The van der Waals surface area contributed by atoms with Crippen LogP contribution in [0.4, 0.5) is 70.5 Å². The Labute approximate surface area is 673 Å². The zero-order chi connectivity index (χ0) is 83.2. The number of hydrogen-bond acceptors (Lipinski definition) is 15. The van der Waals surface area contributed by atoms with Gasteiger partial charge < -0.3 is 49.6 Å². The minimum Gasteiger partial charge on any atom is -0.496 e. The first-order chi connectivity index (χ1) is 54.8. The molecule has 31 heteroatoms. The van der Waals surface area contributed by atoms with Crippen LogP contribution in [-0.2, 0) is 18.0 Å². The van der Waals surface area contributed by atoms with Gasteiger partial charge in [-0.1, -0.05) is 35.3 Å². The van der Waals surface area contributed by atoms with E-state index in [4.69, 9.17) is 83.3 Å². The van der Waals surface area contributed by atoms with E-state index in [-0.39, 0.29) is 23.1 Å². The summed E-state index contributed by atoms with van der Waals surface area (Å²) in [5.74, 6) is 1.86. The topological polar surface area (TPSA) is 386 Å². The highest BCUT2D eigenvalue weighted by Gasteiger charge is 2.33. The number of nitrogens with zero attached hydrogens (tertiary/aromatic N) is 13. The van der Waals surface area contributed by atoms with Crippen molar-refractivity contribution in [2.24, 2.45) is 105 Å². The first kappa shape index (κ1) is 88.2. The molecule has 5 aromatic carbocycles. The Morgan fingerprint density at radius 2 is 0.730 bits per heavy atom. The summed E-state index contributed by atoms with van der Waals surface area (Å²) in [7, 11) is 3.00. The second kappa shape index (κ2) is 42.5. The molecule has 0 atom stereocenters. The largest absolute Gasteiger partial charge is 0.496 e. The van der Waals surface area contributed by atoms with Crippen LogP contribution in [-0.4, -0.2) is 75.0 Å². The summed E-state index contributed by atoms with van der Waals surface area (Å²) in [6, 6.07) is 51.2. The highest BCUT2D eigenvalue weighted by atomic mass is 35.5. The summed E-state index contributed by atoms with van der Waals surface area (Å²) < 4.78 is 99.3. The maximum atomic E-state index is 13.1. The van der Waals surface area contributed by atoms with Crippen LogP contribution in [0.5, 0.6) is 11.6 Å². The van der Waals surface area contributed by atoms with Gasteiger partial charge in [-0.3, -0.25) is 9.97 Å². The number of aromatic nitrogens is 4. The maximum absolute atomic E-state index is 13.1. The molecule has 9 aromatic rings. The van der Waals surface area contributed by atoms with Gasteiger partial charge in [-0.25, -0.2) is 44.9 Å². The summed E-state index contributed by atoms with van der Waals surface area (Å²) in [6.45, 7) is 1.58. The molecule has 4 aromatic heterocycles. The fourth-order valence-corrected chi connectivity index (χ4v) is 10.3. The molecular formula is C84H89Cl2F7N20O2. The molecular weight excluding hydrogens is 1520 g/mol. The zero-order valence-corrected chi connectivity index (χ0v) is 65.1. The molecule has 115 heavy (non-hydrogen) atoms. The Hall–Kier alpha value is -12.3. The van der Waals surface area contributed by atoms with Gasteiger partial charge in [0.05, 0.1) is 125 Å². The van der Waals surface area contributed by atoms with Gasteiger partial charge in [0.25, 0.3) is 11.8 Å². The van der Waals surface area contributed by atoms with E-state index in [0.29, 0.717) is 86.8 Å². The summed E-state index contributed by atoms with van der Waals surface area (Å²) in [5.41, 5.74) is 46.0. The average Bonchev–Trinajstić information content (AvgIpc) is 1.64. The van der Waals surface area contributed by atoms with Gasteiger partial charge in [-0.2, -0.15) is 41.3 Å². The van der Waals surface area contributed by atoms with Gasteiger partial charge in [0, 0.05) is 61.2 Å². The van der Waals surface area contributed by atoms with E-state index in [2.05, 4.69) is 67.0 Å². The number of methoxy groups -OCH3 is 2. The molecule has 0 amide bonds. The van der Waals surface area contributed by atoms with Crippen LogP contribution in [0.2, 0.25) is 10.0 Å². The Morgan fingerprint density at radius 1 is 0.400 bits per heavy atom. The number of aliphatic imine (C=N–C) groups is 7. The molecule has 0 saturated heterocycles. The molecule has 600 valence electrons. The molecule has 5 aliphatic carbocycles. The van der Waals surface area contributed by atoms with Crippen LogP contribution in [0.1, 0.15) is 137 Å². The number of rotatable bonds is 21. The van der Waals surface area contributed by atoms with E-state index in [1.807, 2.05) is 78.9 Å². The monoisotopic (exact) mass is 1610 g/mol. The van der Waals surface area contributed by atoms with Gasteiger partial charge in [-0.15, -0.1) is 0 Å². The molecule has 0 unspecified atom stereocenters. The third-order valence-corrected chi connectivity index (χ3v) is 17.6. The van der Waals surface area contributed by atoms with Gasteiger partial charge in [0.15, 0.2) is 0 Å². The number of nitriles is 2. The quantitative estimate of drug-likeness (QED) is 0.0200. The lowest BCUT2D eigenvalue weighted by atomic mass is 10.2. The smallest absolute Gasteiger partial charge is 0.433 e. The summed E-state index contributed by atoms with van der Waals surface area (Å²) >= 11 is 11.5. The minimum absolute atomic E-state index is 0.165. The Morgan fingerprint density at radius 3 is 1.06 bits per heavy atom. The van der Waals surface area contributed by atoms with Crippen molar-refractivity contribution in [2.45, 2.75) is 115 Å². The number of benzene rings is 5. The SMILES string of the molecule is COc1ccccc1C(N)=Nc1ccc(C(C)(F)F)nc1.COc1ncccc1C(N)=Nc1ccc(C(C)(F)F)nc1.N#Cc1ccc(N=C(N)C2CC2)cc1.N#Cc1ccc(N=C(N)CC2CC2)cc1.NC(=Nc1ccc(Cl)cc1)C1CC1.NC(CC1CC1)=Nc1ccc(C(F)(F)F)nc1.NC(CC1CC1)=Nc1ccc(Cl)cc1. The number of alkyl halides is 7. The second-order valence-corrected chi connectivity index (χ2v) is 28.3. The Kier molecular flexibility index (Phi) is 32.6. The van der Waals surface area contributed by atoms with Crippen LogP contribution >= 0.6 is 23.2 Å². The average molecular weight is 1610 g/mol.